The van der Waals surface area contributed by atoms with E-state index in [1.54, 1.807) is 40.4 Å². The van der Waals surface area contributed by atoms with E-state index in [1.807, 2.05) is 0 Å². The van der Waals surface area contributed by atoms with Crippen LogP contribution in [0.2, 0.25) is 0 Å². The smallest absolute Gasteiger partial charge is 0.255 e. The molecule has 23 heavy (non-hydrogen) atoms. The van der Waals surface area contributed by atoms with Gasteiger partial charge in [-0.05, 0) is 23.8 Å². The average Bonchev–Trinajstić information content (AvgIpc) is 3.11. The second kappa shape index (κ2) is 6.64. The predicted octanol–water partition coefficient (Wildman–Crippen LogP) is 1.68. The van der Waals surface area contributed by atoms with Gasteiger partial charge in [0.1, 0.15) is 5.82 Å². The van der Waals surface area contributed by atoms with Crippen molar-refractivity contribution < 1.29 is 14.0 Å². The standard InChI is InChI=1S/C17H18FN3O2/c18-15-3-1-13(2-4-15)11-16(22)20-7-9-21(10-8-20)17(23)14-5-6-19-12-14/h1-6,12,19H,7-11H2. The van der Waals surface area contributed by atoms with E-state index >= 15 is 0 Å². The van der Waals surface area contributed by atoms with Gasteiger partial charge in [0, 0.05) is 38.6 Å². The van der Waals surface area contributed by atoms with Gasteiger partial charge in [0.2, 0.25) is 5.91 Å². The van der Waals surface area contributed by atoms with Gasteiger partial charge in [0.05, 0.1) is 12.0 Å². The fraction of sp³-hybridized carbons (Fsp3) is 0.294. The minimum atomic E-state index is -0.307. The van der Waals surface area contributed by atoms with Gasteiger partial charge in [-0.15, -0.1) is 0 Å². The molecule has 0 spiro atoms. The van der Waals surface area contributed by atoms with E-state index < -0.39 is 0 Å². The van der Waals surface area contributed by atoms with E-state index in [-0.39, 0.29) is 24.1 Å². The molecule has 1 aromatic heterocycles. The molecule has 1 saturated heterocycles. The molecule has 6 heteroatoms. The van der Waals surface area contributed by atoms with Gasteiger partial charge >= 0.3 is 0 Å². The maximum atomic E-state index is 12.9. The number of amides is 2. The molecule has 0 unspecified atom stereocenters. The number of rotatable bonds is 3. The van der Waals surface area contributed by atoms with E-state index in [0.29, 0.717) is 31.7 Å². The molecular formula is C17H18FN3O2. The molecule has 0 atom stereocenters. The van der Waals surface area contributed by atoms with Crippen LogP contribution in [0, 0.1) is 5.82 Å². The zero-order valence-electron chi connectivity index (χ0n) is 12.7. The van der Waals surface area contributed by atoms with Gasteiger partial charge in [-0.2, -0.15) is 0 Å². The average molecular weight is 315 g/mol. The Hall–Kier alpha value is -2.63. The van der Waals surface area contributed by atoms with Gasteiger partial charge in [-0.1, -0.05) is 12.1 Å². The Kier molecular flexibility index (Phi) is 4.41. The summed E-state index contributed by atoms with van der Waals surface area (Å²) in [5, 5.41) is 0. The molecule has 0 bridgehead atoms. The molecule has 1 aliphatic heterocycles. The SMILES string of the molecule is O=C(Cc1ccc(F)cc1)N1CCN(C(=O)c2cc[nH]c2)CC1. The van der Waals surface area contributed by atoms with Crippen molar-refractivity contribution in [2.45, 2.75) is 6.42 Å². The van der Waals surface area contributed by atoms with Crippen LogP contribution >= 0.6 is 0 Å². The molecule has 1 fully saturated rings. The molecule has 2 heterocycles. The first-order valence-corrected chi connectivity index (χ1v) is 7.58. The molecule has 1 aromatic carbocycles. The van der Waals surface area contributed by atoms with Crippen molar-refractivity contribution in [3.05, 3.63) is 59.7 Å². The second-order valence-corrected chi connectivity index (χ2v) is 5.58. The highest BCUT2D eigenvalue weighted by Gasteiger charge is 2.24. The lowest BCUT2D eigenvalue weighted by atomic mass is 10.1. The topological polar surface area (TPSA) is 56.4 Å². The minimum absolute atomic E-state index is 0.00496. The van der Waals surface area contributed by atoms with Gasteiger partial charge in [-0.3, -0.25) is 9.59 Å². The molecule has 0 radical (unpaired) electrons. The van der Waals surface area contributed by atoms with E-state index in [0.717, 1.165) is 5.56 Å². The van der Waals surface area contributed by atoms with Crippen LogP contribution in [-0.4, -0.2) is 52.8 Å². The zero-order valence-corrected chi connectivity index (χ0v) is 12.7. The van der Waals surface area contributed by atoms with Gasteiger partial charge < -0.3 is 14.8 Å². The van der Waals surface area contributed by atoms with Crippen molar-refractivity contribution in [2.75, 3.05) is 26.2 Å². The maximum absolute atomic E-state index is 12.9. The van der Waals surface area contributed by atoms with E-state index in [1.165, 1.54) is 12.1 Å². The molecule has 2 aromatic rings. The number of aromatic amines is 1. The first kappa shape index (κ1) is 15.3. The van der Waals surface area contributed by atoms with Crippen molar-refractivity contribution in [2.24, 2.45) is 0 Å². The summed E-state index contributed by atoms with van der Waals surface area (Å²) in [6.07, 6.45) is 3.65. The maximum Gasteiger partial charge on any atom is 0.255 e. The van der Waals surface area contributed by atoms with Crippen LogP contribution in [0.1, 0.15) is 15.9 Å². The van der Waals surface area contributed by atoms with Crippen molar-refractivity contribution >= 4 is 11.8 Å². The van der Waals surface area contributed by atoms with Gasteiger partial charge in [-0.25, -0.2) is 4.39 Å². The van der Waals surface area contributed by atoms with Crippen LogP contribution in [0.3, 0.4) is 0 Å². The third-order valence-corrected chi connectivity index (χ3v) is 4.03. The van der Waals surface area contributed by atoms with Crippen molar-refractivity contribution in [1.29, 1.82) is 0 Å². The first-order valence-electron chi connectivity index (χ1n) is 7.58. The summed E-state index contributed by atoms with van der Waals surface area (Å²) in [5.41, 5.74) is 1.43. The van der Waals surface area contributed by atoms with Crippen molar-refractivity contribution in [1.82, 2.24) is 14.8 Å². The Bertz CT molecular complexity index is 674. The zero-order chi connectivity index (χ0) is 16.2. The van der Waals surface area contributed by atoms with Crippen LogP contribution < -0.4 is 0 Å². The Balaban J connectivity index is 1.53. The fourth-order valence-corrected chi connectivity index (χ4v) is 2.69. The number of H-pyrrole nitrogens is 1. The van der Waals surface area contributed by atoms with Crippen LogP contribution in [0.15, 0.2) is 42.7 Å². The Labute approximate surface area is 133 Å². The van der Waals surface area contributed by atoms with Crippen LogP contribution in [-0.2, 0) is 11.2 Å². The van der Waals surface area contributed by atoms with Gasteiger partial charge in [0.15, 0.2) is 0 Å². The first-order chi connectivity index (χ1) is 11.1. The largest absolute Gasteiger partial charge is 0.367 e. The number of nitrogens with zero attached hydrogens (tertiary/aromatic N) is 2. The van der Waals surface area contributed by atoms with E-state index in [4.69, 9.17) is 0 Å². The van der Waals surface area contributed by atoms with Crippen LogP contribution in [0.25, 0.3) is 0 Å². The number of carbonyl (C=O) groups excluding carboxylic acids is 2. The fourth-order valence-electron chi connectivity index (χ4n) is 2.69. The highest BCUT2D eigenvalue weighted by atomic mass is 19.1. The van der Waals surface area contributed by atoms with E-state index in [9.17, 15) is 14.0 Å². The highest BCUT2D eigenvalue weighted by molar-refractivity contribution is 5.94. The van der Waals surface area contributed by atoms with E-state index in [2.05, 4.69) is 4.98 Å². The Morgan fingerprint density at radius 1 is 1.00 bits per heavy atom. The molecular weight excluding hydrogens is 297 g/mol. The summed E-state index contributed by atoms with van der Waals surface area (Å²) in [4.78, 5) is 30.9. The minimum Gasteiger partial charge on any atom is -0.367 e. The van der Waals surface area contributed by atoms with Crippen LogP contribution in [0.5, 0.6) is 0 Å². The second-order valence-electron chi connectivity index (χ2n) is 5.58. The van der Waals surface area contributed by atoms with Crippen molar-refractivity contribution in [3.63, 3.8) is 0 Å². The molecule has 3 rings (SSSR count). The number of halogens is 1. The lowest BCUT2D eigenvalue weighted by molar-refractivity contribution is -0.131. The summed E-state index contributed by atoms with van der Waals surface area (Å²) >= 11 is 0. The highest BCUT2D eigenvalue weighted by Crippen LogP contribution is 2.11. The monoisotopic (exact) mass is 315 g/mol. The number of hydrogen-bond donors (Lipinski definition) is 1. The third kappa shape index (κ3) is 3.59. The summed E-state index contributed by atoms with van der Waals surface area (Å²) in [5.74, 6) is -0.319. The number of carbonyl (C=O) groups is 2. The van der Waals surface area contributed by atoms with Gasteiger partial charge in [0.25, 0.3) is 5.91 Å². The summed E-state index contributed by atoms with van der Waals surface area (Å²) < 4.78 is 12.9. The molecule has 1 N–H and O–H groups in total. The number of aromatic nitrogens is 1. The third-order valence-electron chi connectivity index (χ3n) is 4.03. The number of benzene rings is 1. The van der Waals surface area contributed by atoms with Crippen LogP contribution in [0.4, 0.5) is 4.39 Å². The summed E-state index contributed by atoms with van der Waals surface area (Å²) in [7, 11) is 0. The number of piperazine rings is 1. The lowest BCUT2D eigenvalue weighted by Gasteiger charge is -2.34. The predicted molar refractivity (Wildman–Crippen MR) is 83.4 cm³/mol. The number of hydrogen-bond acceptors (Lipinski definition) is 2. The molecule has 120 valence electrons. The molecule has 5 nitrogen and oxygen atoms in total. The normalized spacial score (nSPS) is 14.8. The summed E-state index contributed by atoms with van der Waals surface area (Å²) in [6.45, 7) is 2.10. The molecule has 0 saturated carbocycles. The van der Waals surface area contributed by atoms with Crippen molar-refractivity contribution in [3.8, 4) is 0 Å². The molecule has 0 aliphatic carbocycles. The molecule has 2 amide bonds. The number of nitrogens with one attached hydrogen (secondary N) is 1. The Morgan fingerprint density at radius 2 is 1.65 bits per heavy atom. The lowest BCUT2D eigenvalue weighted by Crippen LogP contribution is -2.50. The quantitative estimate of drug-likeness (QED) is 0.937. The molecule has 1 aliphatic rings. The Morgan fingerprint density at radius 3 is 2.26 bits per heavy atom. The summed E-state index contributed by atoms with van der Waals surface area (Å²) in [6, 6.07) is 7.71.